The normalized spacial score (nSPS) is 25.4. The van der Waals surface area contributed by atoms with Gasteiger partial charge in [0, 0.05) is 24.8 Å². The average molecular weight is 221 g/mol. The van der Waals surface area contributed by atoms with Crippen molar-refractivity contribution in [2.24, 2.45) is 5.92 Å². The van der Waals surface area contributed by atoms with E-state index in [0.29, 0.717) is 12.0 Å². The van der Waals surface area contributed by atoms with E-state index >= 15 is 0 Å². The fraction of sp³-hybridized carbons (Fsp3) is 0.667. The summed E-state index contributed by atoms with van der Waals surface area (Å²) in [5.41, 5.74) is 0. The van der Waals surface area contributed by atoms with Crippen molar-refractivity contribution in [3.63, 3.8) is 0 Å². The molecule has 1 aromatic heterocycles. The van der Waals surface area contributed by atoms with Gasteiger partial charge < -0.3 is 10.4 Å². The molecule has 1 saturated carbocycles. The first-order valence-corrected chi connectivity index (χ1v) is 5.96. The SMILES string of the molecule is Cc1nccc(NC2CCCCC2CO)n1. The van der Waals surface area contributed by atoms with E-state index in [0.717, 1.165) is 24.5 Å². The second-order valence-corrected chi connectivity index (χ2v) is 4.47. The van der Waals surface area contributed by atoms with Crippen LogP contribution in [0.5, 0.6) is 0 Å². The van der Waals surface area contributed by atoms with Crippen molar-refractivity contribution >= 4 is 5.82 Å². The zero-order valence-electron chi connectivity index (χ0n) is 9.69. The molecule has 0 aromatic carbocycles. The molecule has 1 aliphatic rings. The van der Waals surface area contributed by atoms with Gasteiger partial charge >= 0.3 is 0 Å². The molecule has 88 valence electrons. The molecule has 2 N–H and O–H groups in total. The van der Waals surface area contributed by atoms with E-state index in [4.69, 9.17) is 0 Å². The molecule has 1 aliphatic carbocycles. The second-order valence-electron chi connectivity index (χ2n) is 4.47. The van der Waals surface area contributed by atoms with Crippen molar-refractivity contribution in [1.29, 1.82) is 0 Å². The minimum atomic E-state index is 0.266. The van der Waals surface area contributed by atoms with Crippen LogP contribution in [-0.2, 0) is 0 Å². The van der Waals surface area contributed by atoms with E-state index in [1.165, 1.54) is 12.8 Å². The Morgan fingerprint density at radius 1 is 1.44 bits per heavy atom. The maximum Gasteiger partial charge on any atom is 0.129 e. The highest BCUT2D eigenvalue weighted by molar-refractivity contribution is 5.34. The van der Waals surface area contributed by atoms with E-state index in [9.17, 15) is 5.11 Å². The third kappa shape index (κ3) is 2.70. The predicted octanol–water partition coefficient (Wildman–Crippen LogP) is 1.75. The molecular weight excluding hydrogens is 202 g/mol. The van der Waals surface area contributed by atoms with Gasteiger partial charge in [0.15, 0.2) is 0 Å². The average Bonchev–Trinajstić information content (AvgIpc) is 2.30. The van der Waals surface area contributed by atoms with Gasteiger partial charge in [0.25, 0.3) is 0 Å². The summed E-state index contributed by atoms with van der Waals surface area (Å²) in [6.45, 7) is 2.15. The highest BCUT2D eigenvalue weighted by atomic mass is 16.3. The van der Waals surface area contributed by atoms with Crippen LogP contribution in [0.4, 0.5) is 5.82 Å². The molecule has 4 nitrogen and oxygen atoms in total. The monoisotopic (exact) mass is 221 g/mol. The number of anilines is 1. The zero-order valence-corrected chi connectivity index (χ0v) is 9.69. The summed E-state index contributed by atoms with van der Waals surface area (Å²) in [7, 11) is 0. The first-order chi connectivity index (χ1) is 7.79. The van der Waals surface area contributed by atoms with Crippen LogP contribution >= 0.6 is 0 Å². The van der Waals surface area contributed by atoms with Crippen LogP contribution in [-0.4, -0.2) is 27.7 Å². The molecule has 16 heavy (non-hydrogen) atoms. The number of rotatable bonds is 3. The molecule has 1 fully saturated rings. The molecular formula is C12H19N3O. The maximum atomic E-state index is 9.32. The van der Waals surface area contributed by atoms with Crippen molar-refractivity contribution < 1.29 is 5.11 Å². The lowest BCUT2D eigenvalue weighted by Gasteiger charge is -2.31. The summed E-state index contributed by atoms with van der Waals surface area (Å²) < 4.78 is 0. The van der Waals surface area contributed by atoms with Gasteiger partial charge in [-0.1, -0.05) is 12.8 Å². The molecule has 2 rings (SSSR count). The summed E-state index contributed by atoms with van der Waals surface area (Å²) in [6.07, 6.45) is 6.46. The van der Waals surface area contributed by atoms with Gasteiger partial charge in [-0.2, -0.15) is 0 Å². The van der Waals surface area contributed by atoms with Gasteiger partial charge in [0.2, 0.25) is 0 Å². The summed E-state index contributed by atoms with van der Waals surface area (Å²) in [5, 5.41) is 12.7. The Kier molecular flexibility index (Phi) is 3.72. The third-order valence-corrected chi connectivity index (χ3v) is 3.25. The molecule has 0 aliphatic heterocycles. The van der Waals surface area contributed by atoms with Gasteiger partial charge in [-0.05, 0) is 25.8 Å². The Bertz CT molecular complexity index is 343. The van der Waals surface area contributed by atoms with Crippen LogP contribution in [0.15, 0.2) is 12.3 Å². The summed E-state index contributed by atoms with van der Waals surface area (Å²) >= 11 is 0. The van der Waals surface area contributed by atoms with Crippen LogP contribution in [0.1, 0.15) is 31.5 Å². The van der Waals surface area contributed by atoms with Gasteiger partial charge in [-0.15, -0.1) is 0 Å². The van der Waals surface area contributed by atoms with Crippen LogP contribution in [0.3, 0.4) is 0 Å². The predicted molar refractivity (Wildman–Crippen MR) is 63.2 cm³/mol. The lowest BCUT2D eigenvalue weighted by atomic mass is 9.85. The molecule has 2 unspecified atom stereocenters. The van der Waals surface area contributed by atoms with Crippen molar-refractivity contribution in [2.45, 2.75) is 38.6 Å². The second kappa shape index (κ2) is 5.25. The van der Waals surface area contributed by atoms with Crippen molar-refractivity contribution in [1.82, 2.24) is 9.97 Å². The number of nitrogens with one attached hydrogen (secondary N) is 1. The largest absolute Gasteiger partial charge is 0.396 e. The topological polar surface area (TPSA) is 58.0 Å². The Morgan fingerprint density at radius 3 is 3.00 bits per heavy atom. The molecule has 0 amide bonds. The van der Waals surface area contributed by atoms with Crippen LogP contribution < -0.4 is 5.32 Å². The standard InChI is InChI=1S/C12H19N3O/c1-9-13-7-6-12(14-9)15-11-5-3-2-4-10(11)8-16/h6-7,10-11,16H,2-5,8H2,1H3,(H,13,14,15). The fourth-order valence-corrected chi connectivity index (χ4v) is 2.34. The molecule has 1 aromatic rings. The molecule has 1 heterocycles. The van der Waals surface area contributed by atoms with Crippen LogP contribution in [0.25, 0.3) is 0 Å². The van der Waals surface area contributed by atoms with Gasteiger partial charge in [0.1, 0.15) is 11.6 Å². The fourth-order valence-electron chi connectivity index (χ4n) is 2.34. The van der Waals surface area contributed by atoms with Crippen molar-refractivity contribution in [3.05, 3.63) is 18.1 Å². The third-order valence-electron chi connectivity index (χ3n) is 3.25. The number of aryl methyl sites for hydroxylation is 1. The Morgan fingerprint density at radius 2 is 2.25 bits per heavy atom. The van der Waals surface area contributed by atoms with Gasteiger partial charge in [-0.25, -0.2) is 9.97 Å². The van der Waals surface area contributed by atoms with Crippen LogP contribution in [0.2, 0.25) is 0 Å². The van der Waals surface area contributed by atoms with Crippen molar-refractivity contribution in [3.8, 4) is 0 Å². The minimum absolute atomic E-state index is 0.266. The summed E-state index contributed by atoms with van der Waals surface area (Å²) in [5.74, 6) is 2.02. The molecule has 0 bridgehead atoms. The van der Waals surface area contributed by atoms with E-state index < -0.39 is 0 Å². The zero-order chi connectivity index (χ0) is 11.4. The molecule has 0 saturated heterocycles. The van der Waals surface area contributed by atoms with Crippen LogP contribution in [0, 0.1) is 12.8 Å². The molecule has 0 spiro atoms. The Labute approximate surface area is 96.1 Å². The van der Waals surface area contributed by atoms with E-state index in [-0.39, 0.29) is 6.61 Å². The maximum absolute atomic E-state index is 9.32. The number of aliphatic hydroxyl groups is 1. The first-order valence-electron chi connectivity index (χ1n) is 5.96. The molecule has 4 heteroatoms. The number of aromatic nitrogens is 2. The summed E-state index contributed by atoms with van der Waals surface area (Å²) in [6, 6.07) is 2.24. The number of aliphatic hydroxyl groups excluding tert-OH is 1. The lowest BCUT2D eigenvalue weighted by molar-refractivity contribution is 0.178. The van der Waals surface area contributed by atoms with E-state index in [1.54, 1.807) is 6.20 Å². The first kappa shape index (κ1) is 11.3. The Hall–Kier alpha value is -1.16. The highest BCUT2D eigenvalue weighted by Gasteiger charge is 2.24. The quantitative estimate of drug-likeness (QED) is 0.816. The van der Waals surface area contributed by atoms with Gasteiger partial charge in [0.05, 0.1) is 0 Å². The van der Waals surface area contributed by atoms with Gasteiger partial charge in [-0.3, -0.25) is 0 Å². The number of nitrogens with zero attached hydrogens (tertiary/aromatic N) is 2. The van der Waals surface area contributed by atoms with E-state index in [1.807, 2.05) is 13.0 Å². The van der Waals surface area contributed by atoms with E-state index in [2.05, 4.69) is 15.3 Å². The smallest absolute Gasteiger partial charge is 0.129 e. The molecule has 2 atom stereocenters. The Balaban J connectivity index is 2.02. The number of hydrogen-bond donors (Lipinski definition) is 2. The lowest BCUT2D eigenvalue weighted by Crippen LogP contribution is -2.34. The number of hydrogen-bond acceptors (Lipinski definition) is 4. The minimum Gasteiger partial charge on any atom is -0.396 e. The highest BCUT2D eigenvalue weighted by Crippen LogP contribution is 2.26. The van der Waals surface area contributed by atoms with Crippen molar-refractivity contribution in [2.75, 3.05) is 11.9 Å². The summed E-state index contributed by atoms with van der Waals surface area (Å²) in [4.78, 5) is 8.40. The molecule has 0 radical (unpaired) electrons.